The molecule has 0 aromatic carbocycles. The Kier molecular flexibility index (Phi) is 3.33. The van der Waals surface area contributed by atoms with Gasteiger partial charge in [-0.2, -0.15) is 9.64 Å². The van der Waals surface area contributed by atoms with Crippen molar-refractivity contribution in [3.8, 4) is 6.07 Å². The SMILES string of the molecule is N#Cc1c(Cl)nsc1NC1(CO)CCCC1. The molecule has 0 unspecified atom stereocenters. The number of nitrogens with one attached hydrogen (secondary N) is 1. The molecule has 16 heavy (non-hydrogen) atoms. The maximum absolute atomic E-state index is 9.45. The molecule has 0 bridgehead atoms. The van der Waals surface area contributed by atoms with Gasteiger partial charge in [-0.3, -0.25) is 0 Å². The quantitative estimate of drug-likeness (QED) is 0.872. The summed E-state index contributed by atoms with van der Waals surface area (Å²) in [5.74, 6) is 0. The number of hydrogen-bond donors (Lipinski definition) is 2. The molecular weight excluding hydrogens is 246 g/mol. The van der Waals surface area contributed by atoms with E-state index in [0.717, 1.165) is 25.7 Å². The minimum Gasteiger partial charge on any atom is -0.394 e. The molecule has 1 saturated carbocycles. The number of nitriles is 1. The van der Waals surface area contributed by atoms with Crippen molar-refractivity contribution >= 4 is 28.1 Å². The maximum atomic E-state index is 9.45. The third-order valence-corrected chi connectivity index (χ3v) is 4.14. The summed E-state index contributed by atoms with van der Waals surface area (Å²) >= 11 is 6.97. The van der Waals surface area contributed by atoms with Gasteiger partial charge in [-0.1, -0.05) is 24.4 Å². The van der Waals surface area contributed by atoms with E-state index < -0.39 is 0 Å². The maximum Gasteiger partial charge on any atom is 0.162 e. The standard InChI is InChI=1S/C10H12ClN3OS/c11-8-7(5-12)9(16-14-8)13-10(6-15)3-1-2-4-10/h13,15H,1-4,6H2. The third kappa shape index (κ3) is 2.01. The Balaban J connectivity index is 2.23. The Morgan fingerprint density at radius 1 is 1.56 bits per heavy atom. The van der Waals surface area contributed by atoms with Gasteiger partial charge in [0.1, 0.15) is 16.6 Å². The van der Waals surface area contributed by atoms with Gasteiger partial charge in [0, 0.05) is 0 Å². The average Bonchev–Trinajstić information content (AvgIpc) is 2.88. The van der Waals surface area contributed by atoms with Crippen molar-refractivity contribution in [3.63, 3.8) is 0 Å². The van der Waals surface area contributed by atoms with Crippen LogP contribution < -0.4 is 5.32 Å². The minimum atomic E-state index is -0.290. The highest BCUT2D eigenvalue weighted by Gasteiger charge is 2.34. The molecule has 1 fully saturated rings. The molecule has 1 aliphatic carbocycles. The first-order valence-corrected chi connectivity index (χ1v) is 6.30. The number of aromatic nitrogens is 1. The average molecular weight is 258 g/mol. The zero-order chi connectivity index (χ0) is 11.6. The van der Waals surface area contributed by atoms with E-state index in [1.165, 1.54) is 11.5 Å². The molecule has 0 atom stereocenters. The summed E-state index contributed by atoms with van der Waals surface area (Å²) in [5, 5.41) is 22.6. The Labute approximate surface area is 103 Å². The Bertz CT molecular complexity index is 420. The molecule has 4 nitrogen and oxygen atoms in total. The van der Waals surface area contributed by atoms with Crippen molar-refractivity contribution in [1.82, 2.24) is 4.37 Å². The molecule has 0 saturated heterocycles. The first-order chi connectivity index (χ1) is 7.71. The molecule has 0 spiro atoms. The van der Waals surface area contributed by atoms with Gasteiger partial charge in [-0.25, -0.2) is 0 Å². The highest BCUT2D eigenvalue weighted by Crippen LogP contribution is 2.36. The summed E-state index contributed by atoms with van der Waals surface area (Å²) in [6.45, 7) is 0.0768. The molecule has 1 aromatic heterocycles. The minimum absolute atomic E-state index is 0.0768. The Morgan fingerprint density at radius 3 is 2.81 bits per heavy atom. The van der Waals surface area contributed by atoms with Crippen LogP contribution in [0.3, 0.4) is 0 Å². The summed E-state index contributed by atoms with van der Waals surface area (Å²) in [5.41, 5.74) is 0.0907. The van der Waals surface area contributed by atoms with Crippen LogP contribution in [-0.4, -0.2) is 21.6 Å². The van der Waals surface area contributed by atoms with Crippen LogP contribution in [0.2, 0.25) is 5.15 Å². The number of hydrogen-bond acceptors (Lipinski definition) is 5. The Morgan fingerprint density at radius 2 is 2.25 bits per heavy atom. The molecule has 86 valence electrons. The van der Waals surface area contributed by atoms with E-state index in [1.807, 2.05) is 6.07 Å². The fourth-order valence-electron chi connectivity index (χ4n) is 2.07. The summed E-state index contributed by atoms with van der Waals surface area (Å²) in [4.78, 5) is 0. The molecule has 6 heteroatoms. The van der Waals surface area contributed by atoms with Crippen LogP contribution in [0.1, 0.15) is 31.2 Å². The smallest absolute Gasteiger partial charge is 0.162 e. The van der Waals surface area contributed by atoms with Crippen molar-refractivity contribution in [1.29, 1.82) is 5.26 Å². The van der Waals surface area contributed by atoms with Crippen molar-refractivity contribution in [2.45, 2.75) is 31.2 Å². The molecule has 0 aliphatic heterocycles. The van der Waals surface area contributed by atoms with Gasteiger partial charge in [-0.15, -0.1) is 0 Å². The van der Waals surface area contributed by atoms with E-state index in [1.54, 1.807) is 0 Å². The lowest BCUT2D eigenvalue weighted by Crippen LogP contribution is -2.38. The van der Waals surface area contributed by atoms with Crippen LogP contribution in [0.5, 0.6) is 0 Å². The lowest BCUT2D eigenvalue weighted by molar-refractivity contribution is 0.214. The van der Waals surface area contributed by atoms with Gasteiger partial charge in [0.05, 0.1) is 12.1 Å². The second kappa shape index (κ2) is 4.58. The van der Waals surface area contributed by atoms with Gasteiger partial charge in [0.25, 0.3) is 0 Å². The third-order valence-electron chi connectivity index (χ3n) is 3.00. The van der Waals surface area contributed by atoms with Gasteiger partial charge in [0.2, 0.25) is 0 Å². The fourth-order valence-corrected chi connectivity index (χ4v) is 3.12. The predicted molar refractivity (Wildman–Crippen MR) is 63.7 cm³/mol. The number of anilines is 1. The molecule has 0 amide bonds. The summed E-state index contributed by atoms with van der Waals surface area (Å²) in [6, 6.07) is 2.03. The monoisotopic (exact) mass is 257 g/mol. The highest BCUT2D eigenvalue weighted by atomic mass is 35.5. The topological polar surface area (TPSA) is 68.9 Å². The van der Waals surface area contributed by atoms with Crippen molar-refractivity contribution in [2.75, 3.05) is 11.9 Å². The predicted octanol–water partition coefficient (Wildman–Crippen LogP) is 2.39. The van der Waals surface area contributed by atoms with Crippen molar-refractivity contribution < 1.29 is 5.11 Å². The van der Waals surface area contributed by atoms with Crippen LogP contribution >= 0.6 is 23.1 Å². The van der Waals surface area contributed by atoms with E-state index >= 15 is 0 Å². The van der Waals surface area contributed by atoms with Crippen molar-refractivity contribution in [3.05, 3.63) is 10.7 Å². The fraction of sp³-hybridized carbons (Fsp3) is 0.600. The van der Waals surface area contributed by atoms with E-state index in [2.05, 4.69) is 9.69 Å². The lowest BCUT2D eigenvalue weighted by atomic mass is 9.99. The molecular formula is C10H12ClN3OS. The zero-order valence-corrected chi connectivity index (χ0v) is 10.2. The van der Waals surface area contributed by atoms with Gasteiger partial charge >= 0.3 is 0 Å². The highest BCUT2D eigenvalue weighted by molar-refractivity contribution is 7.10. The van der Waals surface area contributed by atoms with Crippen LogP contribution in [0.25, 0.3) is 0 Å². The van der Waals surface area contributed by atoms with Gasteiger partial charge < -0.3 is 10.4 Å². The summed E-state index contributed by atoms with van der Waals surface area (Å²) < 4.78 is 3.94. The van der Waals surface area contributed by atoms with Crippen LogP contribution in [0.15, 0.2) is 0 Å². The van der Waals surface area contributed by atoms with E-state index in [4.69, 9.17) is 16.9 Å². The van der Waals surface area contributed by atoms with Gasteiger partial charge in [-0.05, 0) is 24.4 Å². The molecule has 1 aliphatic rings. The van der Waals surface area contributed by atoms with E-state index in [-0.39, 0.29) is 17.3 Å². The van der Waals surface area contributed by atoms with Crippen LogP contribution in [-0.2, 0) is 0 Å². The largest absolute Gasteiger partial charge is 0.394 e. The number of aliphatic hydroxyl groups is 1. The van der Waals surface area contributed by atoms with Crippen molar-refractivity contribution in [2.24, 2.45) is 0 Å². The molecule has 0 radical (unpaired) electrons. The number of halogens is 1. The summed E-state index contributed by atoms with van der Waals surface area (Å²) in [6.07, 6.45) is 4.04. The van der Waals surface area contributed by atoms with Crippen LogP contribution in [0, 0.1) is 11.3 Å². The lowest BCUT2D eigenvalue weighted by Gasteiger charge is -2.28. The molecule has 2 N–H and O–H groups in total. The van der Waals surface area contributed by atoms with Gasteiger partial charge in [0.15, 0.2) is 5.15 Å². The Hall–Kier alpha value is -0.830. The molecule has 1 heterocycles. The summed E-state index contributed by atoms with van der Waals surface area (Å²) in [7, 11) is 0. The van der Waals surface area contributed by atoms with Crippen LogP contribution in [0.4, 0.5) is 5.00 Å². The number of nitrogens with zero attached hydrogens (tertiary/aromatic N) is 2. The van der Waals surface area contributed by atoms with E-state index in [0.29, 0.717) is 10.6 Å². The number of rotatable bonds is 3. The number of aliphatic hydroxyl groups excluding tert-OH is 1. The first-order valence-electron chi connectivity index (χ1n) is 5.15. The van der Waals surface area contributed by atoms with E-state index in [9.17, 15) is 5.11 Å². The second-order valence-electron chi connectivity index (χ2n) is 4.06. The molecule has 2 rings (SSSR count). The first kappa shape index (κ1) is 11.6. The molecule has 1 aromatic rings. The second-order valence-corrected chi connectivity index (χ2v) is 5.19. The normalized spacial score (nSPS) is 18.3. The zero-order valence-electron chi connectivity index (χ0n) is 8.66.